The van der Waals surface area contributed by atoms with Crippen LogP contribution in [0, 0.1) is 0 Å². The molecule has 3 nitrogen and oxygen atoms in total. The van der Waals surface area contributed by atoms with Crippen molar-refractivity contribution in [2.24, 2.45) is 0 Å². The summed E-state index contributed by atoms with van der Waals surface area (Å²) in [5.41, 5.74) is -5.24. The van der Waals surface area contributed by atoms with Crippen LogP contribution in [0.3, 0.4) is 0 Å². The van der Waals surface area contributed by atoms with Crippen LogP contribution in [-0.4, -0.2) is 31.8 Å². The molecule has 0 spiro atoms. The van der Waals surface area contributed by atoms with Crippen LogP contribution in [-0.2, 0) is 9.84 Å². The van der Waals surface area contributed by atoms with Gasteiger partial charge in [0.15, 0.2) is 0 Å². The number of para-hydroxylation sites is 1. The van der Waals surface area contributed by atoms with E-state index in [2.05, 4.69) is 15.9 Å². The highest BCUT2D eigenvalue weighted by Gasteiger charge is 2.48. The highest BCUT2D eigenvalue weighted by atomic mass is 79.9. The number of alkyl halides is 4. The van der Waals surface area contributed by atoms with Crippen molar-refractivity contribution in [3.63, 3.8) is 0 Å². The first-order valence-electron chi connectivity index (χ1n) is 5.86. The van der Waals surface area contributed by atoms with E-state index in [1.165, 1.54) is 18.2 Å². The van der Waals surface area contributed by atoms with E-state index < -0.39 is 20.2 Å². The van der Waals surface area contributed by atoms with Gasteiger partial charge in [-0.1, -0.05) is 28.1 Å². The van der Waals surface area contributed by atoms with Gasteiger partial charge in [0.05, 0.1) is 10.6 Å². The summed E-state index contributed by atoms with van der Waals surface area (Å²) < 4.78 is 61.5. The average molecular weight is 374 g/mol. The van der Waals surface area contributed by atoms with Gasteiger partial charge in [-0.3, -0.25) is 0 Å². The average Bonchev–Trinajstić information content (AvgIpc) is 2.34. The molecule has 0 heterocycles. The zero-order chi connectivity index (χ0) is 15.6. The Morgan fingerprint density at radius 2 is 1.80 bits per heavy atom. The van der Waals surface area contributed by atoms with E-state index in [0.717, 1.165) is 6.07 Å². The van der Waals surface area contributed by atoms with E-state index in [1.54, 1.807) is 18.7 Å². The maximum Gasteiger partial charge on any atom is 0.501 e. The lowest BCUT2D eigenvalue weighted by molar-refractivity contribution is -0.0435. The Labute approximate surface area is 124 Å². The van der Waals surface area contributed by atoms with Gasteiger partial charge in [-0.15, -0.1) is 0 Å². The van der Waals surface area contributed by atoms with Gasteiger partial charge >= 0.3 is 5.51 Å². The van der Waals surface area contributed by atoms with Gasteiger partial charge in [0.25, 0.3) is 9.84 Å². The van der Waals surface area contributed by atoms with Gasteiger partial charge in [0.2, 0.25) is 0 Å². The summed E-state index contributed by atoms with van der Waals surface area (Å²) in [5, 5.41) is 0.519. The molecule has 0 saturated heterocycles. The van der Waals surface area contributed by atoms with Crippen LogP contribution in [0.1, 0.15) is 13.8 Å². The third-order valence-corrected chi connectivity index (χ3v) is 4.61. The van der Waals surface area contributed by atoms with Crippen molar-refractivity contribution in [3.05, 3.63) is 24.3 Å². The number of halogens is 4. The topological polar surface area (TPSA) is 37.4 Å². The minimum Gasteiger partial charge on any atom is -0.367 e. The maximum atomic E-state index is 12.7. The summed E-state index contributed by atoms with van der Waals surface area (Å²) >= 11 is 3.22. The highest BCUT2D eigenvalue weighted by molar-refractivity contribution is 9.09. The molecule has 20 heavy (non-hydrogen) atoms. The van der Waals surface area contributed by atoms with Crippen LogP contribution < -0.4 is 4.90 Å². The first-order chi connectivity index (χ1) is 9.13. The Kier molecular flexibility index (Phi) is 5.48. The van der Waals surface area contributed by atoms with Gasteiger partial charge in [0, 0.05) is 17.9 Å². The van der Waals surface area contributed by atoms with Gasteiger partial charge in [0.1, 0.15) is 0 Å². The largest absolute Gasteiger partial charge is 0.501 e. The lowest BCUT2D eigenvalue weighted by Gasteiger charge is -2.30. The van der Waals surface area contributed by atoms with E-state index in [-0.39, 0.29) is 11.7 Å². The molecule has 0 saturated carbocycles. The molecule has 0 aliphatic carbocycles. The van der Waals surface area contributed by atoms with Crippen molar-refractivity contribution >= 4 is 31.5 Å². The normalized spacial score (nSPS) is 12.8. The Balaban J connectivity index is 3.45. The van der Waals surface area contributed by atoms with Gasteiger partial charge < -0.3 is 4.90 Å². The quantitative estimate of drug-likeness (QED) is 0.740. The van der Waals surface area contributed by atoms with Crippen LogP contribution in [0.2, 0.25) is 0 Å². The molecule has 8 heteroatoms. The van der Waals surface area contributed by atoms with Crippen molar-refractivity contribution < 1.29 is 21.6 Å². The molecule has 0 N–H and O–H groups in total. The number of benzene rings is 1. The maximum absolute atomic E-state index is 12.7. The third-order valence-electron chi connectivity index (χ3n) is 2.72. The predicted molar refractivity (Wildman–Crippen MR) is 76.0 cm³/mol. The van der Waals surface area contributed by atoms with Crippen molar-refractivity contribution in [1.82, 2.24) is 0 Å². The zero-order valence-electron chi connectivity index (χ0n) is 11.0. The number of anilines is 1. The van der Waals surface area contributed by atoms with Gasteiger partial charge in [-0.05, 0) is 26.0 Å². The third kappa shape index (κ3) is 3.46. The highest BCUT2D eigenvalue weighted by Crippen LogP contribution is 2.36. The summed E-state index contributed by atoms with van der Waals surface area (Å²) in [4.78, 5) is 0.912. The summed E-state index contributed by atoms with van der Waals surface area (Å²) in [6.07, 6.45) is 0. The smallest absolute Gasteiger partial charge is 0.367 e. The van der Waals surface area contributed by atoms with Gasteiger partial charge in [-0.2, -0.15) is 13.2 Å². The van der Waals surface area contributed by atoms with Crippen LogP contribution in [0.5, 0.6) is 0 Å². The number of rotatable bonds is 5. The SMILES string of the molecule is CC(C)N(CCBr)c1ccccc1S(=O)(=O)C(F)(F)F. The van der Waals surface area contributed by atoms with Gasteiger partial charge in [-0.25, -0.2) is 8.42 Å². The second-order valence-corrected chi connectivity index (χ2v) is 7.10. The Bertz CT molecular complexity index is 558. The van der Waals surface area contributed by atoms with Crippen molar-refractivity contribution in [3.8, 4) is 0 Å². The molecule has 114 valence electrons. The predicted octanol–water partition coefficient (Wildman–Crippen LogP) is 3.59. The minimum atomic E-state index is -5.36. The molecule has 0 unspecified atom stereocenters. The molecule has 0 aromatic heterocycles. The molecule has 0 amide bonds. The van der Waals surface area contributed by atoms with E-state index >= 15 is 0 Å². The van der Waals surface area contributed by atoms with Crippen LogP contribution in [0.25, 0.3) is 0 Å². The second kappa shape index (κ2) is 6.34. The fraction of sp³-hybridized carbons (Fsp3) is 0.500. The minimum absolute atomic E-state index is 0.0688. The monoisotopic (exact) mass is 373 g/mol. The molecule has 0 atom stereocenters. The molecule has 0 radical (unpaired) electrons. The van der Waals surface area contributed by atoms with Crippen LogP contribution in [0.4, 0.5) is 18.9 Å². The Morgan fingerprint density at radius 1 is 1.25 bits per heavy atom. The molecule has 0 fully saturated rings. The van der Waals surface area contributed by atoms with Crippen LogP contribution >= 0.6 is 15.9 Å². The molecule has 1 aromatic rings. The molecule has 0 aliphatic rings. The molecule has 1 rings (SSSR count). The molecule has 1 aromatic carbocycles. The zero-order valence-corrected chi connectivity index (χ0v) is 13.4. The van der Waals surface area contributed by atoms with Crippen molar-refractivity contribution in [2.45, 2.75) is 30.3 Å². The fourth-order valence-electron chi connectivity index (χ4n) is 1.79. The fourth-order valence-corrected chi connectivity index (χ4v) is 3.14. The lowest BCUT2D eigenvalue weighted by Crippen LogP contribution is -2.35. The number of hydrogen-bond acceptors (Lipinski definition) is 3. The number of sulfone groups is 1. The first kappa shape index (κ1) is 17.3. The molecule has 0 aliphatic heterocycles. The van der Waals surface area contributed by atoms with E-state index in [9.17, 15) is 21.6 Å². The number of nitrogens with zero attached hydrogens (tertiary/aromatic N) is 1. The first-order valence-corrected chi connectivity index (χ1v) is 8.46. The number of hydrogen-bond donors (Lipinski definition) is 0. The van der Waals surface area contributed by atoms with Crippen LogP contribution in [0.15, 0.2) is 29.2 Å². The van der Waals surface area contributed by atoms with E-state index in [0.29, 0.717) is 11.9 Å². The van der Waals surface area contributed by atoms with E-state index in [4.69, 9.17) is 0 Å². The Hall–Kier alpha value is -0.760. The standard InChI is InChI=1S/C12H15BrF3NO2S/c1-9(2)17(8-7-13)10-5-3-4-6-11(10)20(18,19)12(14,15)16/h3-6,9H,7-8H2,1-2H3. The van der Waals surface area contributed by atoms with Crippen molar-refractivity contribution in [2.75, 3.05) is 16.8 Å². The summed E-state index contributed by atoms with van der Waals surface area (Å²) in [7, 11) is -5.36. The lowest BCUT2D eigenvalue weighted by atomic mass is 10.2. The summed E-state index contributed by atoms with van der Waals surface area (Å²) in [5.74, 6) is 0. The second-order valence-electron chi connectivity index (χ2n) is 4.39. The molecular formula is C12H15BrF3NO2S. The Morgan fingerprint density at radius 3 is 2.25 bits per heavy atom. The molecule has 0 bridgehead atoms. The summed E-state index contributed by atoms with van der Waals surface area (Å²) in [6, 6.07) is 5.06. The van der Waals surface area contributed by atoms with Crippen molar-refractivity contribution in [1.29, 1.82) is 0 Å². The molecular weight excluding hydrogens is 359 g/mol. The summed E-state index contributed by atoms with van der Waals surface area (Å²) in [6.45, 7) is 3.99. The van der Waals surface area contributed by atoms with E-state index in [1.807, 2.05) is 0 Å².